The van der Waals surface area contributed by atoms with Gasteiger partial charge in [-0.05, 0) is 98.2 Å². The third-order valence-electron chi connectivity index (χ3n) is 12.3. The van der Waals surface area contributed by atoms with Crippen molar-refractivity contribution in [2.24, 2.45) is 44.8 Å². The summed E-state index contributed by atoms with van der Waals surface area (Å²) in [7, 11) is 0. The predicted octanol–water partition coefficient (Wildman–Crippen LogP) is 6.76. The van der Waals surface area contributed by atoms with Gasteiger partial charge in [0, 0.05) is 5.92 Å². The Kier molecular flexibility index (Phi) is 4.78. The zero-order valence-electron chi connectivity index (χ0n) is 21.1. The molecule has 5 aliphatic carbocycles. The summed E-state index contributed by atoms with van der Waals surface area (Å²) in [6.45, 7) is 14.4. The lowest BCUT2D eigenvalue weighted by molar-refractivity contribution is -0.202. The van der Waals surface area contributed by atoms with Crippen molar-refractivity contribution in [1.82, 2.24) is 0 Å². The number of carboxylic acid groups (broad SMARTS) is 1. The Morgan fingerprint density at radius 3 is 2.38 bits per heavy atom. The van der Waals surface area contributed by atoms with Gasteiger partial charge in [0.1, 0.15) is 0 Å². The smallest absolute Gasteiger partial charge is 0.310 e. The molecule has 178 valence electrons. The lowest BCUT2D eigenvalue weighted by Crippen LogP contribution is -2.64. The molecule has 0 heterocycles. The predicted molar refractivity (Wildman–Crippen MR) is 128 cm³/mol. The molecule has 0 amide bonds. The Labute approximate surface area is 194 Å². The van der Waals surface area contributed by atoms with Crippen LogP contribution in [0.3, 0.4) is 0 Å². The van der Waals surface area contributed by atoms with Gasteiger partial charge in [0.15, 0.2) is 0 Å². The average molecular weight is 441 g/mol. The first-order valence-electron chi connectivity index (χ1n) is 13.1. The van der Waals surface area contributed by atoms with Gasteiger partial charge >= 0.3 is 5.97 Å². The highest BCUT2D eigenvalue weighted by Crippen LogP contribution is 2.75. The Balaban J connectivity index is 1.61. The normalized spacial score (nSPS) is 51.8. The van der Waals surface area contributed by atoms with Gasteiger partial charge in [-0.15, -0.1) is 0 Å². The van der Waals surface area contributed by atoms with Gasteiger partial charge in [0.05, 0.1) is 11.5 Å². The van der Waals surface area contributed by atoms with Crippen molar-refractivity contribution in [3.8, 4) is 0 Å². The molecule has 0 spiro atoms. The summed E-state index contributed by atoms with van der Waals surface area (Å²) in [4.78, 5) is 12.6. The van der Waals surface area contributed by atoms with Crippen molar-refractivity contribution >= 4 is 5.97 Å². The molecule has 3 fully saturated rings. The summed E-state index contributed by atoms with van der Waals surface area (Å²) in [5.41, 5.74) is 2.65. The molecule has 8 unspecified atom stereocenters. The number of allylic oxidation sites excluding steroid dienone is 4. The standard InChI is InChI=1S/C29H44O3/c1-18-9-14-29(24(31)32)16-15-27(5)19(20(29)17-18)7-8-22-26(4)12-11-23(30)25(2,3)21(26)10-13-28(22,27)6/h7,17,20-23,30H,8-16H2,1-6H3,(H,31,32). The maximum atomic E-state index is 12.6. The van der Waals surface area contributed by atoms with Gasteiger partial charge < -0.3 is 10.2 Å². The third kappa shape index (κ3) is 2.55. The zero-order valence-corrected chi connectivity index (χ0v) is 21.1. The lowest BCUT2D eigenvalue weighted by Gasteiger charge is -2.70. The number of hydrogen-bond donors (Lipinski definition) is 2. The molecule has 0 aromatic rings. The van der Waals surface area contributed by atoms with Crippen LogP contribution in [0, 0.1) is 44.8 Å². The molecule has 0 bridgehead atoms. The van der Waals surface area contributed by atoms with Crippen molar-refractivity contribution in [3.05, 3.63) is 23.3 Å². The van der Waals surface area contributed by atoms with E-state index in [4.69, 9.17) is 0 Å². The molecule has 0 saturated heterocycles. The highest BCUT2D eigenvalue weighted by atomic mass is 16.4. The Morgan fingerprint density at radius 2 is 1.69 bits per heavy atom. The second-order valence-electron chi connectivity index (χ2n) is 13.6. The largest absolute Gasteiger partial charge is 0.481 e. The minimum atomic E-state index is -0.605. The molecule has 8 atom stereocenters. The van der Waals surface area contributed by atoms with Crippen LogP contribution in [0.1, 0.15) is 99.3 Å². The molecule has 5 aliphatic rings. The molecule has 0 radical (unpaired) electrons. The van der Waals surface area contributed by atoms with E-state index in [-0.39, 0.29) is 33.7 Å². The SMILES string of the molecule is CC1=CC2C3=CCC4C5(C)CCC(O)C(C)(C)C5CCC4(C)C3(C)CCC2(C(=O)O)CC1. The first-order valence-corrected chi connectivity index (χ1v) is 13.1. The van der Waals surface area contributed by atoms with E-state index >= 15 is 0 Å². The summed E-state index contributed by atoms with van der Waals surface area (Å²) in [5.74, 6) is 0.620. The molecule has 0 aromatic carbocycles. The van der Waals surface area contributed by atoms with E-state index in [1.54, 1.807) is 0 Å². The topological polar surface area (TPSA) is 57.5 Å². The Hall–Kier alpha value is -1.09. The van der Waals surface area contributed by atoms with Crippen LogP contribution in [0.15, 0.2) is 23.3 Å². The molecular formula is C29H44O3. The maximum absolute atomic E-state index is 12.6. The van der Waals surface area contributed by atoms with Gasteiger partial charge in [-0.3, -0.25) is 4.79 Å². The third-order valence-corrected chi connectivity index (χ3v) is 12.3. The van der Waals surface area contributed by atoms with Crippen LogP contribution in [0.5, 0.6) is 0 Å². The summed E-state index contributed by atoms with van der Waals surface area (Å²) in [5, 5.41) is 21.2. The first kappa shape index (κ1) is 22.7. The second kappa shape index (κ2) is 6.74. The zero-order chi connectivity index (χ0) is 23.3. The van der Waals surface area contributed by atoms with Crippen molar-refractivity contribution in [1.29, 1.82) is 0 Å². The van der Waals surface area contributed by atoms with Gasteiger partial charge in [0.2, 0.25) is 0 Å². The quantitative estimate of drug-likeness (QED) is 0.443. The van der Waals surface area contributed by atoms with Gasteiger partial charge in [-0.2, -0.15) is 0 Å². The van der Waals surface area contributed by atoms with Crippen LogP contribution < -0.4 is 0 Å². The maximum Gasteiger partial charge on any atom is 0.310 e. The summed E-state index contributed by atoms with van der Waals surface area (Å²) < 4.78 is 0. The van der Waals surface area contributed by atoms with E-state index in [9.17, 15) is 15.0 Å². The fraction of sp³-hybridized carbons (Fsp3) is 0.828. The minimum absolute atomic E-state index is 0.0343. The average Bonchev–Trinajstić information content (AvgIpc) is 2.71. The summed E-state index contributed by atoms with van der Waals surface area (Å²) in [6.07, 6.45) is 13.6. The van der Waals surface area contributed by atoms with Crippen LogP contribution >= 0.6 is 0 Å². The van der Waals surface area contributed by atoms with Crippen molar-refractivity contribution in [2.45, 2.75) is 105 Å². The van der Waals surface area contributed by atoms with E-state index < -0.39 is 11.4 Å². The van der Waals surface area contributed by atoms with Crippen LogP contribution in [0.4, 0.5) is 0 Å². The Bertz CT molecular complexity index is 898. The Morgan fingerprint density at radius 1 is 0.969 bits per heavy atom. The van der Waals surface area contributed by atoms with Crippen molar-refractivity contribution < 1.29 is 15.0 Å². The van der Waals surface area contributed by atoms with Crippen LogP contribution in [-0.2, 0) is 4.79 Å². The molecule has 3 saturated carbocycles. The number of aliphatic carboxylic acids is 1. The molecule has 3 heteroatoms. The molecule has 0 aliphatic heterocycles. The number of aliphatic hydroxyl groups is 1. The van der Waals surface area contributed by atoms with Gasteiger partial charge in [-0.1, -0.05) is 57.9 Å². The number of carboxylic acids is 1. The van der Waals surface area contributed by atoms with E-state index in [1.807, 2.05) is 0 Å². The van der Waals surface area contributed by atoms with Crippen molar-refractivity contribution in [3.63, 3.8) is 0 Å². The monoisotopic (exact) mass is 440 g/mol. The van der Waals surface area contributed by atoms with Crippen LogP contribution in [0.25, 0.3) is 0 Å². The molecule has 32 heavy (non-hydrogen) atoms. The van der Waals surface area contributed by atoms with Crippen molar-refractivity contribution in [2.75, 3.05) is 0 Å². The van der Waals surface area contributed by atoms with Gasteiger partial charge in [0.25, 0.3) is 0 Å². The number of carbonyl (C=O) groups is 1. The highest BCUT2D eigenvalue weighted by molar-refractivity contribution is 5.77. The second-order valence-corrected chi connectivity index (χ2v) is 13.6. The van der Waals surface area contributed by atoms with E-state index in [2.05, 4.69) is 53.7 Å². The molecule has 5 rings (SSSR count). The fourth-order valence-corrected chi connectivity index (χ4v) is 10.0. The van der Waals surface area contributed by atoms with Crippen LogP contribution in [-0.4, -0.2) is 22.3 Å². The highest BCUT2D eigenvalue weighted by Gasteiger charge is 2.68. The van der Waals surface area contributed by atoms with E-state index in [0.717, 1.165) is 44.9 Å². The molecular weight excluding hydrogens is 396 g/mol. The number of hydrogen-bond acceptors (Lipinski definition) is 2. The van der Waals surface area contributed by atoms with Gasteiger partial charge in [-0.25, -0.2) is 0 Å². The number of rotatable bonds is 1. The van der Waals surface area contributed by atoms with E-state index in [0.29, 0.717) is 11.8 Å². The number of aliphatic hydroxyl groups excluding tert-OH is 1. The molecule has 3 nitrogen and oxygen atoms in total. The van der Waals surface area contributed by atoms with Crippen LogP contribution in [0.2, 0.25) is 0 Å². The first-order chi connectivity index (χ1) is 14.8. The molecule has 0 aromatic heterocycles. The minimum Gasteiger partial charge on any atom is -0.481 e. The molecule has 2 N–H and O–H groups in total. The van der Waals surface area contributed by atoms with E-state index in [1.165, 1.54) is 24.0 Å². The fourth-order valence-electron chi connectivity index (χ4n) is 10.0. The number of fused-ring (bicyclic) bond motifs is 7. The lowest BCUT2D eigenvalue weighted by atomic mass is 9.34. The summed E-state index contributed by atoms with van der Waals surface area (Å²) >= 11 is 0. The summed E-state index contributed by atoms with van der Waals surface area (Å²) in [6, 6.07) is 0.